The average Bonchev–Trinajstić information content (AvgIpc) is 3.24. The number of para-hydroxylation sites is 2. The van der Waals surface area contributed by atoms with Crippen molar-refractivity contribution in [3.05, 3.63) is 24.3 Å². The smallest absolute Gasteiger partial charge is 0.324 e. The summed E-state index contributed by atoms with van der Waals surface area (Å²) in [6, 6.07) is 7.66. The highest BCUT2D eigenvalue weighted by atomic mass is 16.5. The summed E-state index contributed by atoms with van der Waals surface area (Å²) in [5.74, 6) is 0.812. The van der Waals surface area contributed by atoms with Gasteiger partial charge >= 0.3 is 6.03 Å². The molecule has 0 spiro atoms. The summed E-state index contributed by atoms with van der Waals surface area (Å²) in [5.41, 5.74) is 0.821. The van der Waals surface area contributed by atoms with Crippen LogP contribution in [0.25, 0.3) is 0 Å². The second-order valence-electron chi connectivity index (χ2n) is 7.93. The minimum absolute atomic E-state index is 0.000754. The van der Waals surface area contributed by atoms with Gasteiger partial charge in [0.25, 0.3) is 0 Å². The maximum atomic E-state index is 13.1. The number of hydrogen-bond acceptors (Lipinski definition) is 4. The number of nitrogens with one attached hydrogen (secondary N) is 1. The summed E-state index contributed by atoms with van der Waals surface area (Å²) in [6.07, 6.45) is 3.61. The first-order chi connectivity index (χ1) is 13.6. The molecule has 2 atom stereocenters. The van der Waals surface area contributed by atoms with Crippen LogP contribution in [-0.2, 0) is 9.53 Å². The minimum Gasteiger partial charge on any atom is -0.487 e. The van der Waals surface area contributed by atoms with Crippen molar-refractivity contribution >= 4 is 17.6 Å². The van der Waals surface area contributed by atoms with Gasteiger partial charge in [-0.25, -0.2) is 4.79 Å². The molecule has 0 aromatic heterocycles. The molecule has 0 saturated carbocycles. The van der Waals surface area contributed by atoms with Crippen LogP contribution in [0.5, 0.6) is 5.75 Å². The molecule has 0 unspecified atom stereocenters. The van der Waals surface area contributed by atoms with Crippen LogP contribution >= 0.6 is 0 Å². The number of carbonyl (C=O) groups is 2. The normalized spacial score (nSPS) is 25.2. The van der Waals surface area contributed by atoms with Gasteiger partial charge in [-0.1, -0.05) is 12.1 Å². The standard InChI is InChI=1S/C21H29N3O4/c1-15-14-24(18-6-2-3-7-19(18)28-15)21(26)23-10-8-16(9-11-23)20(25)22-13-17-5-4-12-27-17/h2-3,6-7,15-17H,4-5,8-14H2,1H3,(H,22,25)/t15-,17-/m1/s1. The van der Waals surface area contributed by atoms with E-state index in [-0.39, 0.29) is 30.1 Å². The Morgan fingerprint density at radius 2 is 1.96 bits per heavy atom. The quantitative estimate of drug-likeness (QED) is 0.865. The number of ether oxygens (including phenoxy) is 2. The number of rotatable bonds is 3. The zero-order chi connectivity index (χ0) is 19.5. The van der Waals surface area contributed by atoms with Gasteiger partial charge in [0.15, 0.2) is 0 Å². The number of fused-ring (bicyclic) bond motifs is 1. The van der Waals surface area contributed by atoms with Gasteiger partial charge in [0.2, 0.25) is 5.91 Å². The molecule has 1 aromatic rings. The van der Waals surface area contributed by atoms with Crippen LogP contribution in [0.2, 0.25) is 0 Å². The molecule has 2 saturated heterocycles. The van der Waals surface area contributed by atoms with Gasteiger partial charge < -0.3 is 19.7 Å². The number of urea groups is 1. The SMILES string of the molecule is C[C@@H]1CN(C(=O)N2CCC(C(=O)NC[C@H]3CCCO3)CC2)c2ccccc2O1. The number of hydrogen-bond donors (Lipinski definition) is 1. The van der Waals surface area contributed by atoms with E-state index in [1.807, 2.05) is 36.1 Å². The average molecular weight is 387 g/mol. The van der Waals surface area contributed by atoms with Crippen molar-refractivity contribution in [1.82, 2.24) is 10.2 Å². The predicted molar refractivity (Wildman–Crippen MR) is 106 cm³/mol. The molecular formula is C21H29N3O4. The van der Waals surface area contributed by atoms with E-state index in [0.717, 1.165) is 30.9 Å². The Morgan fingerprint density at radius 3 is 2.71 bits per heavy atom. The van der Waals surface area contributed by atoms with Gasteiger partial charge in [0.1, 0.15) is 11.9 Å². The Morgan fingerprint density at radius 1 is 1.18 bits per heavy atom. The molecular weight excluding hydrogens is 358 g/mol. The fourth-order valence-electron chi connectivity index (χ4n) is 4.24. The van der Waals surface area contributed by atoms with E-state index in [9.17, 15) is 9.59 Å². The lowest BCUT2D eigenvalue weighted by Gasteiger charge is -2.39. The van der Waals surface area contributed by atoms with Crippen molar-refractivity contribution < 1.29 is 19.1 Å². The predicted octanol–water partition coefficient (Wildman–Crippen LogP) is 2.40. The Labute approximate surface area is 166 Å². The van der Waals surface area contributed by atoms with Crippen molar-refractivity contribution in [1.29, 1.82) is 0 Å². The van der Waals surface area contributed by atoms with Crippen molar-refractivity contribution in [2.45, 2.75) is 44.8 Å². The molecule has 2 fully saturated rings. The lowest BCUT2D eigenvalue weighted by molar-refractivity contribution is -0.126. The van der Waals surface area contributed by atoms with Gasteiger partial charge in [-0.05, 0) is 44.7 Å². The summed E-state index contributed by atoms with van der Waals surface area (Å²) in [4.78, 5) is 29.2. The molecule has 0 radical (unpaired) electrons. The highest BCUT2D eigenvalue weighted by Gasteiger charge is 2.33. The van der Waals surface area contributed by atoms with Crippen molar-refractivity contribution in [3.8, 4) is 5.75 Å². The first kappa shape index (κ1) is 19.1. The van der Waals surface area contributed by atoms with Crippen LogP contribution < -0.4 is 15.0 Å². The zero-order valence-electron chi connectivity index (χ0n) is 16.4. The Kier molecular flexibility index (Phi) is 5.71. The third-order valence-electron chi connectivity index (χ3n) is 5.82. The highest BCUT2D eigenvalue weighted by molar-refractivity contribution is 5.94. The fourth-order valence-corrected chi connectivity index (χ4v) is 4.24. The topological polar surface area (TPSA) is 71.1 Å². The van der Waals surface area contributed by atoms with Crippen LogP contribution in [0.15, 0.2) is 24.3 Å². The summed E-state index contributed by atoms with van der Waals surface area (Å²) in [7, 11) is 0. The van der Waals surface area contributed by atoms with Gasteiger partial charge in [0.05, 0.1) is 18.3 Å². The number of carbonyl (C=O) groups excluding carboxylic acids is 2. The van der Waals surface area contributed by atoms with Gasteiger partial charge in [-0.15, -0.1) is 0 Å². The van der Waals surface area contributed by atoms with E-state index in [1.165, 1.54) is 0 Å². The van der Waals surface area contributed by atoms with E-state index in [1.54, 1.807) is 4.90 Å². The third-order valence-corrected chi connectivity index (χ3v) is 5.82. The first-order valence-electron chi connectivity index (χ1n) is 10.3. The van der Waals surface area contributed by atoms with Gasteiger partial charge in [0, 0.05) is 32.2 Å². The summed E-state index contributed by atoms with van der Waals surface area (Å²) in [5, 5.41) is 3.03. The van der Waals surface area contributed by atoms with E-state index in [2.05, 4.69) is 5.32 Å². The second-order valence-corrected chi connectivity index (χ2v) is 7.93. The lowest BCUT2D eigenvalue weighted by Crippen LogP contribution is -2.52. The van der Waals surface area contributed by atoms with E-state index in [4.69, 9.17) is 9.47 Å². The second kappa shape index (κ2) is 8.39. The lowest BCUT2D eigenvalue weighted by atomic mass is 9.96. The Hall–Kier alpha value is -2.28. The van der Waals surface area contributed by atoms with Gasteiger partial charge in [-0.3, -0.25) is 9.69 Å². The number of nitrogens with zero attached hydrogens (tertiary/aromatic N) is 2. The van der Waals surface area contributed by atoms with Crippen LogP contribution in [0.3, 0.4) is 0 Å². The monoisotopic (exact) mass is 387 g/mol. The Bertz CT molecular complexity index is 711. The molecule has 0 aliphatic carbocycles. The molecule has 1 aromatic carbocycles. The van der Waals surface area contributed by atoms with Crippen LogP contribution in [0.1, 0.15) is 32.6 Å². The number of amides is 3. The van der Waals surface area contributed by atoms with Crippen LogP contribution in [0.4, 0.5) is 10.5 Å². The fraction of sp³-hybridized carbons (Fsp3) is 0.619. The summed E-state index contributed by atoms with van der Waals surface area (Å²) in [6.45, 7) is 5.11. The molecule has 1 N–H and O–H groups in total. The first-order valence-corrected chi connectivity index (χ1v) is 10.3. The molecule has 3 aliphatic rings. The number of benzene rings is 1. The van der Waals surface area contributed by atoms with Gasteiger partial charge in [-0.2, -0.15) is 0 Å². The summed E-state index contributed by atoms with van der Waals surface area (Å²) >= 11 is 0. The highest BCUT2D eigenvalue weighted by Crippen LogP contribution is 2.34. The van der Waals surface area contributed by atoms with E-state index in [0.29, 0.717) is 39.0 Å². The minimum atomic E-state index is -0.0417. The largest absolute Gasteiger partial charge is 0.487 e. The van der Waals surface area contributed by atoms with Crippen LogP contribution in [0, 0.1) is 5.92 Å². The number of piperidine rings is 1. The molecule has 3 heterocycles. The maximum absolute atomic E-state index is 13.1. The maximum Gasteiger partial charge on any atom is 0.324 e. The third kappa shape index (κ3) is 4.09. The van der Waals surface area contributed by atoms with Crippen molar-refractivity contribution in [2.75, 3.05) is 37.7 Å². The molecule has 152 valence electrons. The molecule has 28 heavy (non-hydrogen) atoms. The van der Waals surface area contributed by atoms with E-state index >= 15 is 0 Å². The van der Waals surface area contributed by atoms with Crippen LogP contribution in [-0.4, -0.2) is 61.8 Å². The molecule has 3 amide bonds. The number of anilines is 1. The van der Waals surface area contributed by atoms with E-state index < -0.39 is 0 Å². The van der Waals surface area contributed by atoms with Crippen molar-refractivity contribution in [3.63, 3.8) is 0 Å². The summed E-state index contributed by atoms with van der Waals surface area (Å²) < 4.78 is 11.4. The number of likely N-dealkylation sites (tertiary alicyclic amines) is 1. The molecule has 7 heteroatoms. The zero-order valence-corrected chi connectivity index (χ0v) is 16.4. The Balaban J connectivity index is 1.31. The molecule has 0 bridgehead atoms. The molecule has 7 nitrogen and oxygen atoms in total. The molecule has 4 rings (SSSR count). The molecule has 3 aliphatic heterocycles. The van der Waals surface area contributed by atoms with Crippen molar-refractivity contribution in [2.24, 2.45) is 5.92 Å².